The summed E-state index contributed by atoms with van der Waals surface area (Å²) in [6.07, 6.45) is 10.3. The maximum atomic E-state index is 14.4. The molecule has 1 fully saturated rings. The highest BCUT2D eigenvalue weighted by Crippen LogP contribution is 2.34. The number of Topliss-reactive ketones (excluding diaryl/α,β-unsaturated/α-hetero) is 2. The van der Waals surface area contributed by atoms with Gasteiger partial charge in [0, 0.05) is 52.6 Å². The van der Waals surface area contributed by atoms with Crippen LogP contribution in [0.2, 0.25) is 0 Å². The van der Waals surface area contributed by atoms with Gasteiger partial charge in [-0.1, -0.05) is 91.3 Å². The van der Waals surface area contributed by atoms with E-state index in [1.165, 1.54) is 12.0 Å². The molecule has 0 aliphatic carbocycles. The Balaban J connectivity index is 2.66. The van der Waals surface area contributed by atoms with Crippen LogP contribution in [0, 0.1) is 29.6 Å². The third-order valence-corrected chi connectivity index (χ3v) is 14.7. The molecular weight excluding hydrogens is 891 g/mol. The zero-order chi connectivity index (χ0) is 51.1. The lowest BCUT2D eigenvalue weighted by atomic mass is 9.83. The fraction of sp³-hybridized carbons (Fsp3) is 0.792. The van der Waals surface area contributed by atoms with E-state index in [1.54, 1.807) is 34.1 Å². The second kappa shape index (κ2) is 31.9. The fourth-order valence-electron chi connectivity index (χ4n) is 9.45. The van der Waals surface area contributed by atoms with Gasteiger partial charge in [0.1, 0.15) is 12.2 Å². The molecule has 1 amide bonds. The number of thiol groups is 1. The molecule has 15 atom stereocenters. The largest absolute Gasteiger partial charge is 0.394 e. The zero-order valence-electron chi connectivity index (χ0n) is 43.5. The molecule has 0 aromatic rings. The van der Waals surface area contributed by atoms with E-state index < -0.39 is 71.3 Å². The summed E-state index contributed by atoms with van der Waals surface area (Å²) in [6, 6.07) is -0.861. The zero-order valence-corrected chi connectivity index (χ0v) is 44.4. The number of carbonyl (C=O) groups excluding carboxylic acids is 3. The van der Waals surface area contributed by atoms with Crippen molar-refractivity contribution in [3.63, 3.8) is 0 Å². The highest BCUT2D eigenvalue weighted by molar-refractivity contribution is 7.82. The molecule has 0 aromatic heterocycles. The Labute approximate surface area is 414 Å². The van der Waals surface area contributed by atoms with Crippen LogP contribution in [0.5, 0.6) is 0 Å². The summed E-state index contributed by atoms with van der Waals surface area (Å²) in [7, 11) is 4.66. The molecule has 0 spiro atoms. The molecule has 0 bridgehead atoms. The number of amides is 1. The quantitative estimate of drug-likeness (QED) is 0.0474. The van der Waals surface area contributed by atoms with Gasteiger partial charge in [0.15, 0.2) is 17.0 Å². The van der Waals surface area contributed by atoms with Crippen molar-refractivity contribution in [1.29, 1.82) is 0 Å². The Morgan fingerprint density at radius 2 is 1.63 bits per heavy atom. The lowest BCUT2D eigenvalue weighted by Gasteiger charge is -2.41. The fourth-order valence-corrected chi connectivity index (χ4v) is 9.69. The maximum Gasteiger partial charge on any atom is 0.294 e. The van der Waals surface area contributed by atoms with Gasteiger partial charge in [0.05, 0.1) is 56.4 Å². The van der Waals surface area contributed by atoms with Crippen molar-refractivity contribution in [2.24, 2.45) is 29.6 Å². The van der Waals surface area contributed by atoms with Gasteiger partial charge in [0.2, 0.25) is 0 Å². The molecule has 14 nitrogen and oxygen atoms in total. The van der Waals surface area contributed by atoms with E-state index in [2.05, 4.69) is 6.92 Å². The lowest BCUT2D eigenvalue weighted by molar-refractivity contribution is -0.200. The van der Waals surface area contributed by atoms with E-state index >= 15 is 0 Å². The number of fused-ring (bicyclic) bond motifs is 1. The smallest absolute Gasteiger partial charge is 0.294 e. The average molecular weight is 982 g/mol. The number of piperidine rings is 1. The number of ether oxygens (including phenoxy) is 6. The van der Waals surface area contributed by atoms with Crippen LogP contribution >= 0.6 is 12.6 Å². The van der Waals surface area contributed by atoms with Crippen LogP contribution in [0.3, 0.4) is 0 Å². The molecule has 5 unspecified atom stereocenters. The molecule has 2 heterocycles. The maximum absolute atomic E-state index is 14.4. The highest BCUT2D eigenvalue weighted by atomic mass is 32.1. The van der Waals surface area contributed by atoms with E-state index in [1.807, 2.05) is 71.9 Å². The van der Waals surface area contributed by atoms with Crippen LogP contribution < -0.4 is 0 Å². The molecule has 15 heteroatoms. The summed E-state index contributed by atoms with van der Waals surface area (Å²) in [4.78, 5) is 42.1. The molecule has 2 aliphatic rings. The van der Waals surface area contributed by atoms with Gasteiger partial charge in [-0.05, 0) is 94.1 Å². The van der Waals surface area contributed by atoms with Crippen LogP contribution in [0.15, 0.2) is 47.6 Å². The van der Waals surface area contributed by atoms with Gasteiger partial charge in [-0.15, -0.1) is 12.6 Å². The van der Waals surface area contributed by atoms with Gasteiger partial charge in [-0.3, -0.25) is 14.4 Å². The normalized spacial score (nSPS) is 35.9. The lowest BCUT2D eigenvalue weighted by Crippen LogP contribution is -2.57. The van der Waals surface area contributed by atoms with E-state index in [-0.39, 0.29) is 68.3 Å². The molecule has 0 saturated carbocycles. The molecule has 2 rings (SSSR count). The molecule has 2 aliphatic heterocycles. The number of nitrogens with zero attached hydrogens (tertiary/aromatic N) is 1. The van der Waals surface area contributed by atoms with E-state index in [9.17, 15) is 34.8 Å². The molecule has 1 saturated heterocycles. The van der Waals surface area contributed by atoms with E-state index in [0.717, 1.165) is 12.0 Å². The predicted octanol–water partition coefficient (Wildman–Crippen LogP) is 7.36. The number of hydrogen-bond acceptors (Lipinski definition) is 14. The van der Waals surface area contributed by atoms with Gasteiger partial charge in [-0.2, -0.15) is 0 Å². The number of allylic oxidation sites excluding steroid dienone is 5. The van der Waals surface area contributed by atoms with Crippen LogP contribution in [0.25, 0.3) is 0 Å². The summed E-state index contributed by atoms with van der Waals surface area (Å²) in [6.45, 7) is 17.8. The summed E-state index contributed by atoms with van der Waals surface area (Å²) >= 11 is 4.77. The molecule has 4 N–H and O–H groups in total. The van der Waals surface area contributed by atoms with Crippen molar-refractivity contribution in [3.05, 3.63) is 47.6 Å². The van der Waals surface area contributed by atoms with Gasteiger partial charge < -0.3 is 53.7 Å². The first kappa shape index (κ1) is 61.8. The third-order valence-electron chi connectivity index (χ3n) is 14.1. The first-order chi connectivity index (χ1) is 32.2. The molecule has 0 aromatic carbocycles. The summed E-state index contributed by atoms with van der Waals surface area (Å²) in [5.74, 6) is -2.80. The summed E-state index contributed by atoms with van der Waals surface area (Å²) in [5, 5.41) is 44.7. The monoisotopic (exact) mass is 982 g/mol. The SMILES string of the molecule is CCC1C[C@H](OC)/C(C)=C/C=C/C=C/C(C)C[C@@H](C)C(=O)[C@H](OC)[C@H](O)/C(C)=C/[C@@H](C)C(O)C[C@@H](C(C)C[C@H](CC)C[C@H](COCCO)OC)OC(O)[C@@H]2CCCCN2C(=O)C(=O)[C@@](S)(CC)O1. The minimum atomic E-state index is -1.75. The molecule has 0 radical (unpaired) electrons. The average Bonchev–Trinajstić information content (AvgIpc) is 3.33. The Morgan fingerprint density at radius 3 is 2.24 bits per heavy atom. The number of aliphatic hydroxyl groups is 4. The van der Waals surface area contributed by atoms with Gasteiger partial charge in [-0.25, -0.2) is 0 Å². The number of ketones is 2. The Hall–Kier alpha value is -2.28. The van der Waals surface area contributed by atoms with E-state index in [4.69, 9.17) is 41.0 Å². The highest BCUT2D eigenvalue weighted by Gasteiger charge is 2.46. The van der Waals surface area contributed by atoms with Crippen molar-refractivity contribution >= 4 is 30.1 Å². The number of aliphatic hydroxyl groups excluding tert-OH is 4. The van der Waals surface area contributed by atoms with Crippen LogP contribution in [0.4, 0.5) is 0 Å². The van der Waals surface area contributed by atoms with Crippen LogP contribution in [-0.2, 0) is 42.8 Å². The van der Waals surface area contributed by atoms with Gasteiger partial charge >= 0.3 is 0 Å². The molecule has 392 valence electrons. The first-order valence-electron chi connectivity index (χ1n) is 25.2. The number of methoxy groups -OCH3 is 3. The van der Waals surface area contributed by atoms with Crippen molar-refractivity contribution in [2.45, 2.75) is 193 Å². The minimum absolute atomic E-state index is 0.0433. The van der Waals surface area contributed by atoms with Crippen LogP contribution in [-0.4, -0.2) is 150 Å². The standard InChI is InChI=1S/C53H91NO13S/c1-13-40(30-42(62-10)33-65-26-25-55)29-37(7)46-32-44(56)36(6)28-39(9)48(58)49(64-12)47(57)38(8)27-34(4)21-17-16-18-22-35(5)45(63-11)31-41(14-2)67-53(68,15-3)50(59)51(60)54-24-20-19-23-43(54)52(61)66-46/h16-18,21-22,28,34,36-38,40-46,48-49,52,55-56,58,61,68H,13-15,19-20,23-27,29-33H2,1-12H3/b18-16+,21-17+,35-22+,39-28+/t34?,36-,37?,38-,40+,41?,42-,43+,44?,45+,46+,48-,49+,52?,53+/m1/s1. The third kappa shape index (κ3) is 19.4. The minimum Gasteiger partial charge on any atom is -0.394 e. The van der Waals surface area contributed by atoms with E-state index in [0.29, 0.717) is 63.5 Å². The molecule has 68 heavy (non-hydrogen) atoms. The van der Waals surface area contributed by atoms with Crippen LogP contribution in [0.1, 0.15) is 133 Å². The Bertz CT molecular complexity index is 1620. The first-order valence-corrected chi connectivity index (χ1v) is 25.7. The summed E-state index contributed by atoms with van der Waals surface area (Å²) in [5.41, 5.74) is 1.40. The predicted molar refractivity (Wildman–Crippen MR) is 269 cm³/mol. The van der Waals surface area contributed by atoms with Crippen molar-refractivity contribution in [2.75, 3.05) is 47.7 Å². The van der Waals surface area contributed by atoms with Gasteiger partial charge in [0.25, 0.3) is 11.7 Å². The van der Waals surface area contributed by atoms with Crippen molar-refractivity contribution < 1.29 is 63.2 Å². The number of carbonyl (C=O) groups is 3. The Kier molecular flexibility index (Phi) is 29.0. The topological polar surface area (TPSA) is 191 Å². The number of hydrogen-bond donors (Lipinski definition) is 5. The second-order valence-electron chi connectivity index (χ2n) is 19.5. The number of rotatable bonds is 15. The van der Waals surface area contributed by atoms with Crippen molar-refractivity contribution in [3.8, 4) is 0 Å². The Morgan fingerprint density at radius 1 is 0.926 bits per heavy atom. The summed E-state index contributed by atoms with van der Waals surface area (Å²) < 4.78 is 35.9. The second-order valence-corrected chi connectivity index (χ2v) is 20.2. The van der Waals surface area contributed by atoms with Crippen molar-refractivity contribution in [1.82, 2.24) is 4.90 Å². The molecular formula is C53H91NO13S.